The molecule has 0 radical (unpaired) electrons. The number of carbonyl (C=O) groups is 2. The van der Waals surface area contributed by atoms with Gasteiger partial charge in [-0.1, -0.05) is 12.8 Å². The summed E-state index contributed by atoms with van der Waals surface area (Å²) in [4.78, 5) is 27.0. The first kappa shape index (κ1) is 16.1. The summed E-state index contributed by atoms with van der Waals surface area (Å²) in [5.74, 6) is -0.931. The Hall–Kier alpha value is -1.30. The van der Waals surface area contributed by atoms with Crippen molar-refractivity contribution in [3.8, 4) is 0 Å². The standard InChI is InChI=1S/C15H26N2O4/c1-2-21-13-7-9-16(10-8-13)15(20)17(11-14(18)19)12-5-3-4-6-12/h12-13H,2-11H2,1H3,(H,18,19). The van der Waals surface area contributed by atoms with E-state index in [4.69, 9.17) is 9.84 Å². The second-order valence-corrected chi connectivity index (χ2v) is 5.88. The number of ether oxygens (including phenoxy) is 1. The van der Waals surface area contributed by atoms with E-state index in [1.54, 1.807) is 9.80 Å². The minimum atomic E-state index is -0.931. The lowest BCUT2D eigenvalue weighted by Crippen LogP contribution is -2.52. The number of urea groups is 1. The molecule has 21 heavy (non-hydrogen) atoms. The van der Waals surface area contributed by atoms with Gasteiger partial charge >= 0.3 is 12.0 Å². The first-order chi connectivity index (χ1) is 10.1. The number of amides is 2. The zero-order valence-electron chi connectivity index (χ0n) is 12.8. The van der Waals surface area contributed by atoms with Crippen LogP contribution in [0.4, 0.5) is 4.79 Å². The Balaban J connectivity index is 1.93. The van der Waals surface area contributed by atoms with Crippen molar-refractivity contribution in [3.05, 3.63) is 0 Å². The minimum Gasteiger partial charge on any atom is -0.480 e. The Labute approximate surface area is 126 Å². The van der Waals surface area contributed by atoms with Gasteiger partial charge in [-0.3, -0.25) is 4.79 Å². The molecule has 120 valence electrons. The quantitative estimate of drug-likeness (QED) is 0.842. The smallest absolute Gasteiger partial charge is 0.323 e. The third kappa shape index (κ3) is 4.33. The monoisotopic (exact) mass is 298 g/mol. The molecule has 1 aliphatic heterocycles. The normalized spacial score (nSPS) is 20.7. The van der Waals surface area contributed by atoms with Crippen LogP contribution in [-0.4, -0.2) is 65.3 Å². The number of rotatable bonds is 5. The van der Waals surface area contributed by atoms with Gasteiger partial charge in [0.25, 0.3) is 0 Å². The summed E-state index contributed by atoms with van der Waals surface area (Å²) in [5, 5.41) is 9.07. The Morgan fingerprint density at radius 1 is 1.19 bits per heavy atom. The van der Waals surface area contributed by atoms with E-state index in [2.05, 4.69) is 0 Å². The highest BCUT2D eigenvalue weighted by Gasteiger charge is 2.33. The van der Waals surface area contributed by atoms with Gasteiger partial charge in [0.2, 0.25) is 0 Å². The van der Waals surface area contributed by atoms with Crippen LogP contribution in [-0.2, 0) is 9.53 Å². The maximum Gasteiger partial charge on any atom is 0.323 e. The van der Waals surface area contributed by atoms with Crippen molar-refractivity contribution in [1.82, 2.24) is 9.80 Å². The highest BCUT2D eigenvalue weighted by atomic mass is 16.5. The molecule has 2 fully saturated rings. The van der Waals surface area contributed by atoms with E-state index >= 15 is 0 Å². The molecule has 0 atom stereocenters. The molecule has 2 rings (SSSR count). The number of hydrogen-bond donors (Lipinski definition) is 1. The predicted molar refractivity (Wildman–Crippen MR) is 78.2 cm³/mol. The van der Waals surface area contributed by atoms with E-state index in [9.17, 15) is 9.59 Å². The molecule has 0 bridgehead atoms. The number of likely N-dealkylation sites (tertiary alicyclic amines) is 1. The Morgan fingerprint density at radius 3 is 2.33 bits per heavy atom. The topological polar surface area (TPSA) is 70.1 Å². The SMILES string of the molecule is CCOC1CCN(C(=O)N(CC(=O)O)C2CCCC2)CC1. The fourth-order valence-corrected chi connectivity index (χ4v) is 3.35. The molecule has 6 heteroatoms. The van der Waals surface area contributed by atoms with Gasteiger partial charge in [0, 0.05) is 25.7 Å². The fourth-order valence-electron chi connectivity index (χ4n) is 3.35. The molecule has 0 aromatic carbocycles. The predicted octanol–water partition coefficient (Wildman–Crippen LogP) is 1.94. The molecule has 1 heterocycles. The Bertz CT molecular complexity index is 361. The van der Waals surface area contributed by atoms with Crippen LogP contribution >= 0.6 is 0 Å². The molecule has 0 unspecified atom stereocenters. The van der Waals surface area contributed by atoms with Crippen molar-refractivity contribution in [2.75, 3.05) is 26.2 Å². The number of aliphatic carboxylic acids is 1. The summed E-state index contributed by atoms with van der Waals surface area (Å²) in [6, 6.07) is -0.0162. The first-order valence-corrected chi connectivity index (χ1v) is 8.00. The van der Waals surface area contributed by atoms with Gasteiger partial charge in [-0.2, -0.15) is 0 Å². The molecule has 1 saturated heterocycles. The van der Waals surface area contributed by atoms with E-state index in [1.165, 1.54) is 0 Å². The van der Waals surface area contributed by atoms with Crippen LogP contribution < -0.4 is 0 Å². The summed E-state index contributed by atoms with van der Waals surface area (Å²) >= 11 is 0. The molecule has 6 nitrogen and oxygen atoms in total. The lowest BCUT2D eigenvalue weighted by atomic mass is 10.1. The van der Waals surface area contributed by atoms with Crippen LogP contribution in [0.1, 0.15) is 45.4 Å². The molecule has 1 aliphatic carbocycles. The van der Waals surface area contributed by atoms with Gasteiger partial charge in [-0.15, -0.1) is 0 Å². The molecule has 1 saturated carbocycles. The minimum absolute atomic E-state index is 0.0956. The van der Waals surface area contributed by atoms with E-state index in [1.807, 2.05) is 6.92 Å². The Morgan fingerprint density at radius 2 is 1.81 bits per heavy atom. The van der Waals surface area contributed by atoms with Gasteiger partial charge in [0.1, 0.15) is 6.54 Å². The molecular formula is C15H26N2O4. The number of carbonyl (C=O) groups excluding carboxylic acids is 1. The summed E-state index contributed by atoms with van der Waals surface area (Å²) in [6.45, 7) is 3.81. The van der Waals surface area contributed by atoms with E-state index < -0.39 is 5.97 Å². The average Bonchev–Trinajstić information content (AvgIpc) is 2.99. The van der Waals surface area contributed by atoms with Crippen molar-refractivity contribution in [2.24, 2.45) is 0 Å². The third-order valence-electron chi connectivity index (χ3n) is 4.43. The van der Waals surface area contributed by atoms with Gasteiger partial charge in [-0.05, 0) is 32.6 Å². The number of carboxylic acid groups (broad SMARTS) is 1. The zero-order chi connectivity index (χ0) is 15.2. The van der Waals surface area contributed by atoms with Crippen LogP contribution in [0.5, 0.6) is 0 Å². The zero-order valence-corrected chi connectivity index (χ0v) is 12.8. The second kappa shape index (κ2) is 7.64. The highest BCUT2D eigenvalue weighted by Crippen LogP contribution is 2.25. The van der Waals surface area contributed by atoms with Crippen molar-refractivity contribution in [3.63, 3.8) is 0 Å². The van der Waals surface area contributed by atoms with Crippen LogP contribution in [0.25, 0.3) is 0 Å². The third-order valence-corrected chi connectivity index (χ3v) is 4.43. The van der Waals surface area contributed by atoms with Crippen molar-refractivity contribution in [2.45, 2.75) is 57.6 Å². The van der Waals surface area contributed by atoms with Crippen LogP contribution in [0.2, 0.25) is 0 Å². The summed E-state index contributed by atoms with van der Waals surface area (Å²) in [7, 11) is 0. The Kier molecular flexibility index (Phi) is 5.85. The van der Waals surface area contributed by atoms with E-state index in [0.29, 0.717) is 19.7 Å². The highest BCUT2D eigenvalue weighted by molar-refractivity contribution is 5.80. The van der Waals surface area contributed by atoms with Gasteiger partial charge in [-0.25, -0.2) is 4.79 Å². The molecule has 0 aromatic rings. The molecule has 0 spiro atoms. The summed E-state index contributed by atoms with van der Waals surface area (Å²) < 4.78 is 5.59. The van der Waals surface area contributed by atoms with Crippen molar-refractivity contribution < 1.29 is 19.4 Å². The van der Waals surface area contributed by atoms with Crippen molar-refractivity contribution in [1.29, 1.82) is 0 Å². The molecule has 2 amide bonds. The fraction of sp³-hybridized carbons (Fsp3) is 0.867. The van der Waals surface area contributed by atoms with E-state index in [0.717, 1.165) is 38.5 Å². The number of carboxylic acids is 1. The lowest BCUT2D eigenvalue weighted by Gasteiger charge is -2.37. The maximum atomic E-state index is 12.6. The largest absolute Gasteiger partial charge is 0.480 e. The second-order valence-electron chi connectivity index (χ2n) is 5.88. The van der Waals surface area contributed by atoms with Crippen LogP contribution in [0.3, 0.4) is 0 Å². The summed E-state index contributed by atoms with van der Waals surface area (Å²) in [6.07, 6.45) is 5.93. The van der Waals surface area contributed by atoms with Crippen LogP contribution in [0.15, 0.2) is 0 Å². The lowest BCUT2D eigenvalue weighted by molar-refractivity contribution is -0.138. The van der Waals surface area contributed by atoms with Crippen molar-refractivity contribution >= 4 is 12.0 Å². The summed E-state index contributed by atoms with van der Waals surface area (Å²) in [5.41, 5.74) is 0. The maximum absolute atomic E-state index is 12.6. The number of hydrogen-bond acceptors (Lipinski definition) is 3. The number of nitrogens with zero attached hydrogens (tertiary/aromatic N) is 2. The van der Waals surface area contributed by atoms with Gasteiger partial charge < -0.3 is 19.6 Å². The number of piperidine rings is 1. The van der Waals surface area contributed by atoms with Gasteiger partial charge in [0.05, 0.1) is 6.10 Å². The van der Waals surface area contributed by atoms with E-state index in [-0.39, 0.29) is 24.7 Å². The molecule has 2 aliphatic rings. The molecular weight excluding hydrogens is 272 g/mol. The average molecular weight is 298 g/mol. The van der Waals surface area contributed by atoms with Gasteiger partial charge in [0.15, 0.2) is 0 Å². The van der Waals surface area contributed by atoms with Crippen LogP contribution in [0, 0.1) is 0 Å². The molecule has 0 aromatic heterocycles. The first-order valence-electron chi connectivity index (χ1n) is 8.00. The molecule has 1 N–H and O–H groups in total.